The molecule has 0 bridgehead atoms. The van der Waals surface area contributed by atoms with Gasteiger partial charge in [-0.25, -0.2) is 4.98 Å². The van der Waals surface area contributed by atoms with Gasteiger partial charge in [-0.05, 0) is 0 Å². The van der Waals surface area contributed by atoms with E-state index in [1.165, 1.54) is 5.56 Å². The normalized spacial score (nSPS) is 11.3. The maximum atomic E-state index is 5.15. The smallest absolute Gasteiger partial charge is 0.107 e. The molecule has 2 rings (SSSR count). The Morgan fingerprint density at radius 2 is 2.33 bits per heavy atom. The summed E-state index contributed by atoms with van der Waals surface area (Å²) in [4.78, 5) is 6.64. The summed E-state index contributed by atoms with van der Waals surface area (Å²) >= 11 is 1.69. The summed E-state index contributed by atoms with van der Waals surface area (Å²) in [5, 5.41) is 7.33. The summed E-state index contributed by atoms with van der Waals surface area (Å²) < 4.78 is 6.98. The molecule has 0 aliphatic carbocycles. The molecule has 5 nitrogen and oxygen atoms in total. The molecule has 0 spiro atoms. The highest BCUT2D eigenvalue weighted by Gasteiger charge is 2.09. The highest BCUT2D eigenvalue weighted by atomic mass is 32.1. The van der Waals surface area contributed by atoms with E-state index < -0.39 is 0 Å². The fourth-order valence-corrected chi connectivity index (χ4v) is 2.43. The molecule has 0 radical (unpaired) electrons. The number of nitrogens with zero attached hydrogens (tertiary/aromatic N) is 4. The van der Waals surface area contributed by atoms with Gasteiger partial charge in [0.05, 0.1) is 19.3 Å². The van der Waals surface area contributed by atoms with Gasteiger partial charge in [-0.1, -0.05) is 0 Å². The third-order valence-electron chi connectivity index (χ3n) is 2.62. The van der Waals surface area contributed by atoms with E-state index in [4.69, 9.17) is 4.74 Å². The van der Waals surface area contributed by atoms with Crippen molar-refractivity contribution >= 4 is 11.3 Å². The maximum Gasteiger partial charge on any atom is 0.107 e. The zero-order valence-electron chi connectivity index (χ0n) is 10.7. The molecule has 98 valence electrons. The Kier molecular flexibility index (Phi) is 4.86. The molecular formula is C12H18N4OS. The van der Waals surface area contributed by atoms with Crippen LogP contribution in [0.15, 0.2) is 24.0 Å². The Morgan fingerprint density at radius 3 is 2.94 bits per heavy atom. The average molecular weight is 266 g/mol. The largest absolute Gasteiger partial charge is 0.383 e. The molecule has 2 heterocycles. The average Bonchev–Trinajstić information content (AvgIpc) is 2.98. The van der Waals surface area contributed by atoms with Gasteiger partial charge in [0.25, 0.3) is 0 Å². The molecule has 0 aliphatic heterocycles. The Balaban J connectivity index is 1.95. The van der Waals surface area contributed by atoms with Gasteiger partial charge < -0.3 is 4.74 Å². The van der Waals surface area contributed by atoms with Gasteiger partial charge in [-0.15, -0.1) is 11.3 Å². The highest BCUT2D eigenvalue weighted by molar-refractivity contribution is 7.09. The van der Waals surface area contributed by atoms with E-state index in [0.717, 1.165) is 31.2 Å². The van der Waals surface area contributed by atoms with Crippen LogP contribution in [-0.2, 0) is 24.9 Å². The van der Waals surface area contributed by atoms with Crippen LogP contribution in [0.4, 0.5) is 0 Å². The summed E-state index contributed by atoms with van der Waals surface area (Å²) in [5.74, 6) is 0. The molecule has 0 unspecified atom stereocenters. The SMILES string of the molecule is COCCN(Cc1cnn(C)c1)Cc1nccs1. The second kappa shape index (κ2) is 6.63. The Hall–Kier alpha value is -1.24. The van der Waals surface area contributed by atoms with Crippen molar-refractivity contribution < 1.29 is 4.74 Å². The minimum Gasteiger partial charge on any atom is -0.383 e. The lowest BCUT2D eigenvalue weighted by atomic mass is 10.3. The van der Waals surface area contributed by atoms with Gasteiger partial charge in [-0.2, -0.15) is 5.10 Å². The first kappa shape index (κ1) is 13.2. The van der Waals surface area contributed by atoms with Crippen LogP contribution in [0.1, 0.15) is 10.6 Å². The van der Waals surface area contributed by atoms with Crippen LogP contribution < -0.4 is 0 Å². The van der Waals surface area contributed by atoms with Crippen LogP contribution in [0.5, 0.6) is 0 Å². The van der Waals surface area contributed by atoms with Crippen LogP contribution >= 0.6 is 11.3 Å². The molecule has 0 fully saturated rings. The lowest BCUT2D eigenvalue weighted by Gasteiger charge is -2.19. The standard InChI is InChI=1S/C12H18N4OS/c1-15-8-11(7-14-15)9-16(4-5-17-2)10-12-13-3-6-18-12/h3,6-8H,4-5,9-10H2,1-2H3. The van der Waals surface area contributed by atoms with Gasteiger partial charge in [0.2, 0.25) is 0 Å². The number of methoxy groups -OCH3 is 1. The van der Waals surface area contributed by atoms with Crippen LogP contribution in [-0.4, -0.2) is 39.9 Å². The first-order valence-corrected chi connectivity index (χ1v) is 6.73. The molecule has 0 saturated carbocycles. The lowest BCUT2D eigenvalue weighted by molar-refractivity contribution is 0.140. The van der Waals surface area contributed by atoms with E-state index in [0.29, 0.717) is 0 Å². The predicted octanol–water partition coefficient (Wildman–Crippen LogP) is 1.53. The fourth-order valence-electron chi connectivity index (χ4n) is 1.77. The number of hydrogen-bond donors (Lipinski definition) is 0. The minimum absolute atomic E-state index is 0.728. The Labute approximate surface area is 111 Å². The van der Waals surface area contributed by atoms with Crippen molar-refractivity contribution in [2.75, 3.05) is 20.3 Å². The Bertz CT molecular complexity index is 454. The van der Waals surface area contributed by atoms with E-state index in [2.05, 4.69) is 15.0 Å². The number of aryl methyl sites for hydroxylation is 1. The summed E-state index contributed by atoms with van der Waals surface area (Å²) in [6.07, 6.45) is 5.79. The van der Waals surface area contributed by atoms with Crippen LogP contribution in [0.2, 0.25) is 0 Å². The van der Waals surface area contributed by atoms with Crippen LogP contribution in [0, 0.1) is 0 Å². The molecule has 2 aromatic heterocycles. The van der Waals surface area contributed by atoms with Crippen molar-refractivity contribution in [3.05, 3.63) is 34.5 Å². The fraction of sp³-hybridized carbons (Fsp3) is 0.500. The molecule has 0 atom stereocenters. The summed E-state index contributed by atoms with van der Waals surface area (Å²) in [5.41, 5.74) is 1.21. The van der Waals surface area contributed by atoms with E-state index in [1.54, 1.807) is 18.4 Å². The van der Waals surface area contributed by atoms with Crippen molar-refractivity contribution in [3.63, 3.8) is 0 Å². The quantitative estimate of drug-likeness (QED) is 0.762. The topological polar surface area (TPSA) is 43.2 Å². The zero-order valence-corrected chi connectivity index (χ0v) is 11.6. The zero-order chi connectivity index (χ0) is 12.8. The molecule has 0 aliphatic rings. The first-order chi connectivity index (χ1) is 8.78. The molecule has 0 amide bonds. The third kappa shape index (κ3) is 3.90. The molecule has 0 aromatic carbocycles. The second-order valence-electron chi connectivity index (χ2n) is 4.15. The van der Waals surface area contributed by atoms with Crippen LogP contribution in [0.25, 0.3) is 0 Å². The minimum atomic E-state index is 0.728. The van der Waals surface area contributed by atoms with Crippen molar-refractivity contribution in [2.45, 2.75) is 13.1 Å². The number of aromatic nitrogens is 3. The van der Waals surface area contributed by atoms with Crippen molar-refractivity contribution in [1.29, 1.82) is 0 Å². The molecule has 0 N–H and O–H groups in total. The monoisotopic (exact) mass is 266 g/mol. The van der Waals surface area contributed by atoms with Crippen molar-refractivity contribution in [2.24, 2.45) is 7.05 Å². The van der Waals surface area contributed by atoms with E-state index in [-0.39, 0.29) is 0 Å². The number of hydrogen-bond acceptors (Lipinski definition) is 5. The molecule has 18 heavy (non-hydrogen) atoms. The second-order valence-corrected chi connectivity index (χ2v) is 5.13. The number of thiazole rings is 1. The maximum absolute atomic E-state index is 5.15. The van der Waals surface area contributed by atoms with E-state index in [1.807, 2.05) is 35.7 Å². The molecule has 2 aromatic rings. The summed E-state index contributed by atoms with van der Waals surface area (Å²) in [7, 11) is 3.66. The molecule has 6 heteroatoms. The van der Waals surface area contributed by atoms with Crippen molar-refractivity contribution in [1.82, 2.24) is 19.7 Å². The van der Waals surface area contributed by atoms with Gasteiger partial charge >= 0.3 is 0 Å². The van der Waals surface area contributed by atoms with E-state index >= 15 is 0 Å². The Morgan fingerprint density at radius 1 is 1.44 bits per heavy atom. The van der Waals surface area contributed by atoms with Gasteiger partial charge in [0, 0.05) is 50.6 Å². The van der Waals surface area contributed by atoms with E-state index in [9.17, 15) is 0 Å². The van der Waals surface area contributed by atoms with Gasteiger partial charge in [-0.3, -0.25) is 9.58 Å². The lowest BCUT2D eigenvalue weighted by Crippen LogP contribution is -2.26. The van der Waals surface area contributed by atoms with Gasteiger partial charge in [0.15, 0.2) is 0 Å². The third-order valence-corrected chi connectivity index (χ3v) is 3.38. The summed E-state index contributed by atoms with van der Waals surface area (Å²) in [6.45, 7) is 3.35. The number of rotatable bonds is 7. The predicted molar refractivity (Wildman–Crippen MR) is 71.3 cm³/mol. The molecular weight excluding hydrogens is 248 g/mol. The number of ether oxygens (including phenoxy) is 1. The summed E-state index contributed by atoms with van der Waals surface area (Å²) in [6, 6.07) is 0. The van der Waals surface area contributed by atoms with Crippen LogP contribution in [0.3, 0.4) is 0 Å². The highest BCUT2D eigenvalue weighted by Crippen LogP contribution is 2.11. The van der Waals surface area contributed by atoms with Gasteiger partial charge in [0.1, 0.15) is 5.01 Å². The van der Waals surface area contributed by atoms with Crippen molar-refractivity contribution in [3.8, 4) is 0 Å². The first-order valence-electron chi connectivity index (χ1n) is 5.85. The molecule has 0 saturated heterocycles.